The van der Waals surface area contributed by atoms with E-state index in [1.165, 1.54) is 0 Å². The standard InChI is InChI=1S/C11H13N3/c1-7(2)11-13-9-6-4-3-5-8(9)10(12)14-11/h3-7H,1-2H3,(H2,12,13,14). The van der Waals surface area contributed by atoms with E-state index in [0.29, 0.717) is 11.7 Å². The first-order chi connectivity index (χ1) is 6.68. The first-order valence-corrected chi connectivity index (χ1v) is 4.70. The molecule has 3 heteroatoms. The predicted octanol–water partition coefficient (Wildman–Crippen LogP) is 2.34. The lowest BCUT2D eigenvalue weighted by Gasteiger charge is -2.06. The summed E-state index contributed by atoms with van der Waals surface area (Å²) in [5.41, 5.74) is 6.76. The fraction of sp³-hybridized carbons (Fsp3) is 0.273. The fourth-order valence-electron chi connectivity index (χ4n) is 1.38. The smallest absolute Gasteiger partial charge is 0.135 e. The van der Waals surface area contributed by atoms with Crippen molar-refractivity contribution in [3.05, 3.63) is 30.1 Å². The van der Waals surface area contributed by atoms with Crippen LogP contribution in [-0.2, 0) is 0 Å². The lowest BCUT2D eigenvalue weighted by molar-refractivity contribution is 0.785. The van der Waals surface area contributed by atoms with Crippen molar-refractivity contribution in [2.45, 2.75) is 19.8 Å². The number of nitrogens with zero attached hydrogens (tertiary/aromatic N) is 2. The van der Waals surface area contributed by atoms with Crippen molar-refractivity contribution in [1.82, 2.24) is 9.97 Å². The van der Waals surface area contributed by atoms with Gasteiger partial charge in [-0.05, 0) is 12.1 Å². The summed E-state index contributed by atoms with van der Waals surface area (Å²) in [4.78, 5) is 8.71. The van der Waals surface area contributed by atoms with E-state index in [0.717, 1.165) is 16.7 Å². The largest absolute Gasteiger partial charge is 0.383 e. The molecule has 0 bridgehead atoms. The number of hydrogen-bond acceptors (Lipinski definition) is 3. The molecule has 0 amide bonds. The molecule has 0 saturated carbocycles. The van der Waals surface area contributed by atoms with Gasteiger partial charge in [0.25, 0.3) is 0 Å². The zero-order chi connectivity index (χ0) is 10.1. The number of aromatic nitrogens is 2. The van der Waals surface area contributed by atoms with E-state index in [1.807, 2.05) is 24.3 Å². The highest BCUT2D eigenvalue weighted by atomic mass is 14.9. The number of hydrogen-bond donors (Lipinski definition) is 1. The highest BCUT2D eigenvalue weighted by Gasteiger charge is 2.06. The molecule has 1 aromatic heterocycles. The highest BCUT2D eigenvalue weighted by Crippen LogP contribution is 2.20. The third-order valence-corrected chi connectivity index (χ3v) is 2.17. The summed E-state index contributed by atoms with van der Waals surface area (Å²) in [5.74, 6) is 1.68. The van der Waals surface area contributed by atoms with Gasteiger partial charge in [0.1, 0.15) is 11.6 Å². The van der Waals surface area contributed by atoms with Crippen LogP contribution in [0.4, 0.5) is 5.82 Å². The lowest BCUT2D eigenvalue weighted by atomic mass is 10.2. The number of fused-ring (bicyclic) bond motifs is 1. The highest BCUT2D eigenvalue weighted by molar-refractivity contribution is 5.87. The van der Waals surface area contributed by atoms with E-state index in [2.05, 4.69) is 23.8 Å². The Morgan fingerprint density at radius 1 is 1.14 bits per heavy atom. The molecule has 0 radical (unpaired) electrons. The molecule has 72 valence electrons. The SMILES string of the molecule is CC(C)c1nc(N)c2ccccc2n1. The van der Waals surface area contributed by atoms with Crippen LogP contribution in [0.25, 0.3) is 10.9 Å². The maximum Gasteiger partial charge on any atom is 0.135 e. The number of nitrogens with two attached hydrogens (primary N) is 1. The van der Waals surface area contributed by atoms with Crippen molar-refractivity contribution >= 4 is 16.7 Å². The minimum absolute atomic E-state index is 0.307. The molecule has 0 aliphatic carbocycles. The van der Waals surface area contributed by atoms with Crippen LogP contribution < -0.4 is 5.73 Å². The fourth-order valence-corrected chi connectivity index (χ4v) is 1.38. The zero-order valence-corrected chi connectivity index (χ0v) is 8.36. The molecule has 3 nitrogen and oxygen atoms in total. The molecule has 0 atom stereocenters. The molecular formula is C11H13N3. The maximum atomic E-state index is 5.84. The van der Waals surface area contributed by atoms with Gasteiger partial charge in [-0.1, -0.05) is 26.0 Å². The molecule has 0 saturated heterocycles. The second-order valence-electron chi connectivity index (χ2n) is 3.64. The molecule has 14 heavy (non-hydrogen) atoms. The Bertz CT molecular complexity index is 463. The third kappa shape index (κ3) is 1.41. The monoisotopic (exact) mass is 187 g/mol. The lowest BCUT2D eigenvalue weighted by Crippen LogP contribution is -2.02. The second-order valence-corrected chi connectivity index (χ2v) is 3.64. The molecule has 2 N–H and O–H groups in total. The number of nitrogen functional groups attached to an aromatic ring is 1. The van der Waals surface area contributed by atoms with Gasteiger partial charge >= 0.3 is 0 Å². The molecule has 1 aromatic carbocycles. The van der Waals surface area contributed by atoms with Gasteiger partial charge in [-0.25, -0.2) is 9.97 Å². The van der Waals surface area contributed by atoms with E-state index < -0.39 is 0 Å². The van der Waals surface area contributed by atoms with Crippen LogP contribution in [0.1, 0.15) is 25.6 Å². The van der Waals surface area contributed by atoms with Crippen LogP contribution >= 0.6 is 0 Å². The Morgan fingerprint density at radius 2 is 1.86 bits per heavy atom. The van der Waals surface area contributed by atoms with Crippen LogP contribution in [0.15, 0.2) is 24.3 Å². The average Bonchev–Trinajstić information content (AvgIpc) is 2.17. The van der Waals surface area contributed by atoms with Crippen LogP contribution in [0, 0.1) is 0 Å². The van der Waals surface area contributed by atoms with Crippen LogP contribution in [0.2, 0.25) is 0 Å². The molecule has 1 heterocycles. The Hall–Kier alpha value is -1.64. The number of anilines is 1. The van der Waals surface area contributed by atoms with E-state index >= 15 is 0 Å². The van der Waals surface area contributed by atoms with Crippen LogP contribution in [-0.4, -0.2) is 9.97 Å². The molecule has 0 spiro atoms. The first-order valence-electron chi connectivity index (χ1n) is 4.70. The molecule has 2 aromatic rings. The number of para-hydroxylation sites is 1. The molecule has 0 unspecified atom stereocenters. The summed E-state index contributed by atoms with van der Waals surface area (Å²) in [6, 6.07) is 7.80. The molecule has 0 aliphatic heterocycles. The average molecular weight is 187 g/mol. The summed E-state index contributed by atoms with van der Waals surface area (Å²) in [6.45, 7) is 4.12. The normalized spacial score (nSPS) is 11.1. The Balaban J connectivity index is 2.72. The van der Waals surface area contributed by atoms with Crippen molar-refractivity contribution in [1.29, 1.82) is 0 Å². The minimum Gasteiger partial charge on any atom is -0.383 e. The molecule has 0 fully saturated rings. The van der Waals surface area contributed by atoms with E-state index in [4.69, 9.17) is 5.73 Å². The Labute approximate surface area is 83.0 Å². The van der Waals surface area contributed by atoms with Gasteiger partial charge in [-0.15, -0.1) is 0 Å². The van der Waals surface area contributed by atoms with Gasteiger partial charge in [-0.3, -0.25) is 0 Å². The Kier molecular flexibility index (Phi) is 2.08. The van der Waals surface area contributed by atoms with Gasteiger partial charge in [0, 0.05) is 11.3 Å². The summed E-state index contributed by atoms with van der Waals surface area (Å²) < 4.78 is 0. The van der Waals surface area contributed by atoms with Crippen LogP contribution in [0.5, 0.6) is 0 Å². The van der Waals surface area contributed by atoms with Gasteiger partial charge in [-0.2, -0.15) is 0 Å². The van der Waals surface area contributed by atoms with Gasteiger partial charge < -0.3 is 5.73 Å². The van der Waals surface area contributed by atoms with E-state index in [-0.39, 0.29) is 0 Å². The van der Waals surface area contributed by atoms with Gasteiger partial charge in [0.05, 0.1) is 5.52 Å². The van der Waals surface area contributed by atoms with Crippen LogP contribution in [0.3, 0.4) is 0 Å². The minimum atomic E-state index is 0.307. The predicted molar refractivity (Wildman–Crippen MR) is 58.0 cm³/mol. The Morgan fingerprint density at radius 3 is 2.57 bits per heavy atom. The molecule has 2 rings (SSSR count). The molecular weight excluding hydrogens is 174 g/mol. The van der Waals surface area contributed by atoms with Gasteiger partial charge in [0.2, 0.25) is 0 Å². The first kappa shape index (κ1) is 8.94. The number of benzene rings is 1. The summed E-state index contributed by atoms with van der Waals surface area (Å²) >= 11 is 0. The summed E-state index contributed by atoms with van der Waals surface area (Å²) in [6.07, 6.45) is 0. The van der Waals surface area contributed by atoms with Crippen molar-refractivity contribution in [3.8, 4) is 0 Å². The second kappa shape index (κ2) is 3.25. The topological polar surface area (TPSA) is 51.8 Å². The molecule has 0 aliphatic rings. The maximum absolute atomic E-state index is 5.84. The van der Waals surface area contributed by atoms with Crippen molar-refractivity contribution in [2.24, 2.45) is 0 Å². The summed E-state index contributed by atoms with van der Waals surface area (Å²) in [7, 11) is 0. The van der Waals surface area contributed by atoms with Crippen molar-refractivity contribution in [2.75, 3.05) is 5.73 Å². The van der Waals surface area contributed by atoms with Crippen molar-refractivity contribution in [3.63, 3.8) is 0 Å². The van der Waals surface area contributed by atoms with E-state index in [1.54, 1.807) is 0 Å². The zero-order valence-electron chi connectivity index (χ0n) is 8.36. The third-order valence-electron chi connectivity index (χ3n) is 2.17. The van der Waals surface area contributed by atoms with Gasteiger partial charge in [0.15, 0.2) is 0 Å². The summed E-state index contributed by atoms with van der Waals surface area (Å²) in [5, 5.41) is 0.928. The van der Waals surface area contributed by atoms with E-state index in [9.17, 15) is 0 Å². The van der Waals surface area contributed by atoms with Crippen molar-refractivity contribution < 1.29 is 0 Å². The number of rotatable bonds is 1. The quantitative estimate of drug-likeness (QED) is 0.745.